The fourth-order valence-corrected chi connectivity index (χ4v) is 2.80. The molecule has 0 spiro atoms. The Hall–Kier alpha value is -1.14. The summed E-state index contributed by atoms with van der Waals surface area (Å²) < 4.78 is 9.37. The van der Waals surface area contributed by atoms with Gasteiger partial charge in [0.05, 0.1) is 12.6 Å². The van der Waals surface area contributed by atoms with E-state index in [-0.39, 0.29) is 12.0 Å². The van der Waals surface area contributed by atoms with E-state index in [1.165, 1.54) is 11.5 Å². The van der Waals surface area contributed by atoms with E-state index < -0.39 is 11.7 Å². The highest BCUT2D eigenvalue weighted by Gasteiger charge is 2.36. The Kier molecular flexibility index (Phi) is 4.10. The molecule has 0 bridgehead atoms. The predicted molar refractivity (Wildman–Crippen MR) is 73.1 cm³/mol. The minimum absolute atomic E-state index is 0.0629. The van der Waals surface area contributed by atoms with Crippen LogP contribution in [0.4, 0.5) is 4.79 Å². The van der Waals surface area contributed by atoms with E-state index in [0.717, 1.165) is 11.3 Å². The quantitative estimate of drug-likeness (QED) is 0.901. The maximum atomic E-state index is 11.9. The minimum atomic E-state index is -0.502. The summed E-state index contributed by atoms with van der Waals surface area (Å²) in [5.74, 6) is 0.0629. The number of nitrogens with zero attached hydrogens (tertiary/aromatic N) is 2. The third kappa shape index (κ3) is 3.91. The van der Waals surface area contributed by atoms with Crippen LogP contribution in [0.5, 0.6) is 0 Å². The summed E-state index contributed by atoms with van der Waals surface area (Å²) in [7, 11) is 0. The lowest BCUT2D eigenvalue weighted by atomic mass is 10.0. The summed E-state index contributed by atoms with van der Waals surface area (Å²) in [6.07, 6.45) is 1.67. The molecule has 106 valence electrons. The van der Waals surface area contributed by atoms with E-state index in [4.69, 9.17) is 4.74 Å². The van der Waals surface area contributed by atoms with Crippen LogP contribution >= 0.6 is 11.5 Å². The van der Waals surface area contributed by atoms with Gasteiger partial charge in [-0.2, -0.15) is 0 Å². The molecule has 1 aromatic heterocycles. The molecule has 1 amide bonds. The summed E-state index contributed by atoms with van der Waals surface area (Å²) in [5, 5.41) is 10.0. The first-order valence-corrected chi connectivity index (χ1v) is 7.18. The van der Waals surface area contributed by atoms with Crippen LogP contribution in [0.1, 0.15) is 25.6 Å². The number of carbonyl (C=O) groups is 1. The second-order valence-corrected chi connectivity index (χ2v) is 6.81. The first-order valence-electron chi connectivity index (χ1n) is 6.41. The lowest BCUT2D eigenvalue weighted by Crippen LogP contribution is -2.35. The molecule has 0 aromatic carbocycles. The van der Waals surface area contributed by atoms with Crippen molar-refractivity contribution in [2.45, 2.75) is 38.9 Å². The van der Waals surface area contributed by atoms with Gasteiger partial charge in [-0.1, -0.05) is 0 Å². The Balaban J connectivity index is 1.91. The summed E-state index contributed by atoms with van der Waals surface area (Å²) in [6, 6.07) is 1.95. The van der Waals surface area contributed by atoms with Gasteiger partial charge in [0.1, 0.15) is 5.60 Å². The van der Waals surface area contributed by atoms with Crippen molar-refractivity contribution < 1.29 is 14.6 Å². The van der Waals surface area contributed by atoms with Crippen molar-refractivity contribution in [1.29, 1.82) is 0 Å². The highest BCUT2D eigenvalue weighted by molar-refractivity contribution is 7.05. The summed E-state index contributed by atoms with van der Waals surface area (Å²) in [6.45, 7) is 6.40. The maximum Gasteiger partial charge on any atom is 0.410 e. The number of amides is 1. The number of aliphatic hydroxyl groups is 1. The topological polar surface area (TPSA) is 62.7 Å². The Morgan fingerprint density at radius 2 is 2.32 bits per heavy atom. The van der Waals surface area contributed by atoms with Gasteiger partial charge in [0, 0.05) is 23.5 Å². The second kappa shape index (κ2) is 5.46. The van der Waals surface area contributed by atoms with Crippen molar-refractivity contribution in [2.24, 2.45) is 5.92 Å². The van der Waals surface area contributed by atoms with Crippen molar-refractivity contribution in [3.8, 4) is 0 Å². The predicted octanol–water partition coefficient (Wildman–Crippen LogP) is 1.91. The van der Waals surface area contributed by atoms with Crippen LogP contribution in [0.25, 0.3) is 0 Å². The van der Waals surface area contributed by atoms with Gasteiger partial charge in [0.2, 0.25) is 0 Å². The summed E-state index contributed by atoms with van der Waals surface area (Å²) in [5.41, 5.74) is -0.502. The van der Waals surface area contributed by atoms with Gasteiger partial charge < -0.3 is 14.7 Å². The van der Waals surface area contributed by atoms with Crippen LogP contribution in [0.3, 0.4) is 0 Å². The Bertz CT molecular complexity index is 428. The number of aromatic nitrogens is 1. The van der Waals surface area contributed by atoms with Crippen LogP contribution in [-0.4, -0.2) is 45.3 Å². The molecular weight excluding hydrogens is 264 g/mol. The van der Waals surface area contributed by atoms with Crippen LogP contribution < -0.4 is 0 Å². The molecule has 6 heteroatoms. The molecule has 1 N–H and O–H groups in total. The van der Waals surface area contributed by atoms with E-state index in [1.54, 1.807) is 11.1 Å². The zero-order chi connectivity index (χ0) is 14.0. The molecule has 2 rings (SSSR count). The molecule has 1 aromatic rings. The van der Waals surface area contributed by atoms with E-state index >= 15 is 0 Å². The normalized spacial score (nSPS) is 23.7. The van der Waals surface area contributed by atoms with Crippen molar-refractivity contribution in [3.63, 3.8) is 0 Å². The first kappa shape index (κ1) is 14.3. The van der Waals surface area contributed by atoms with Gasteiger partial charge >= 0.3 is 6.09 Å². The third-order valence-electron chi connectivity index (χ3n) is 3.01. The number of ether oxygens (including phenoxy) is 1. The van der Waals surface area contributed by atoms with Crippen molar-refractivity contribution in [3.05, 3.63) is 17.1 Å². The van der Waals surface area contributed by atoms with E-state index in [1.807, 2.05) is 26.8 Å². The molecular formula is C13H20N2O3S. The summed E-state index contributed by atoms with van der Waals surface area (Å²) >= 11 is 1.44. The molecule has 1 fully saturated rings. The number of hydrogen-bond donors (Lipinski definition) is 1. The smallest absolute Gasteiger partial charge is 0.410 e. The zero-order valence-electron chi connectivity index (χ0n) is 11.5. The largest absolute Gasteiger partial charge is 0.444 e. The molecule has 2 unspecified atom stereocenters. The number of carbonyl (C=O) groups excluding carboxylic acids is 1. The molecule has 1 aliphatic rings. The highest BCUT2D eigenvalue weighted by Crippen LogP contribution is 2.24. The SMILES string of the molecule is CC(C)(C)OC(=O)N1CC(O)C(Cc2ccns2)C1. The molecule has 1 aliphatic heterocycles. The molecule has 0 aliphatic carbocycles. The Morgan fingerprint density at radius 1 is 1.58 bits per heavy atom. The Labute approximate surface area is 117 Å². The van der Waals surface area contributed by atoms with Crippen LogP contribution in [-0.2, 0) is 11.2 Å². The molecule has 2 heterocycles. The fraction of sp³-hybridized carbons (Fsp3) is 0.692. The van der Waals surface area contributed by atoms with E-state index in [2.05, 4.69) is 4.37 Å². The number of rotatable bonds is 2. The lowest BCUT2D eigenvalue weighted by molar-refractivity contribution is 0.0270. The number of hydrogen-bond acceptors (Lipinski definition) is 5. The standard InChI is InChI=1S/C13H20N2O3S/c1-13(2,3)18-12(17)15-7-9(11(16)8-15)6-10-4-5-14-19-10/h4-5,9,11,16H,6-8H2,1-3H3. The number of likely N-dealkylation sites (tertiary alicyclic amines) is 1. The highest BCUT2D eigenvalue weighted by atomic mass is 32.1. The van der Waals surface area contributed by atoms with Gasteiger partial charge in [-0.25, -0.2) is 9.17 Å². The number of β-amino-alcohol motifs (C(OH)–C–C–N with tert-alkyl or cyclic N) is 1. The molecule has 0 saturated carbocycles. The van der Waals surface area contributed by atoms with E-state index in [0.29, 0.717) is 13.1 Å². The van der Waals surface area contributed by atoms with Crippen LogP contribution in [0, 0.1) is 5.92 Å². The first-order chi connectivity index (χ1) is 8.85. The van der Waals surface area contributed by atoms with Gasteiger partial charge in [0.15, 0.2) is 0 Å². The molecule has 1 saturated heterocycles. The lowest BCUT2D eigenvalue weighted by Gasteiger charge is -2.24. The van der Waals surface area contributed by atoms with Gasteiger partial charge in [-0.3, -0.25) is 0 Å². The van der Waals surface area contributed by atoms with Crippen LogP contribution in [0.2, 0.25) is 0 Å². The average molecular weight is 284 g/mol. The minimum Gasteiger partial charge on any atom is -0.444 e. The van der Waals surface area contributed by atoms with Crippen molar-refractivity contribution in [1.82, 2.24) is 9.27 Å². The summed E-state index contributed by atoms with van der Waals surface area (Å²) in [4.78, 5) is 14.7. The van der Waals surface area contributed by atoms with Crippen LogP contribution in [0.15, 0.2) is 12.3 Å². The van der Waals surface area contributed by atoms with Crippen molar-refractivity contribution >= 4 is 17.6 Å². The van der Waals surface area contributed by atoms with Crippen molar-refractivity contribution in [2.75, 3.05) is 13.1 Å². The number of aliphatic hydroxyl groups excluding tert-OH is 1. The Morgan fingerprint density at radius 3 is 2.89 bits per heavy atom. The fourth-order valence-electron chi connectivity index (χ4n) is 2.14. The molecule has 0 radical (unpaired) electrons. The van der Waals surface area contributed by atoms with Gasteiger partial charge in [0.25, 0.3) is 0 Å². The van der Waals surface area contributed by atoms with Gasteiger partial charge in [-0.15, -0.1) is 0 Å². The molecule has 2 atom stereocenters. The monoisotopic (exact) mass is 284 g/mol. The van der Waals surface area contributed by atoms with Gasteiger partial charge in [-0.05, 0) is 44.8 Å². The third-order valence-corrected chi connectivity index (χ3v) is 3.78. The second-order valence-electron chi connectivity index (χ2n) is 5.90. The zero-order valence-corrected chi connectivity index (χ0v) is 12.3. The average Bonchev–Trinajstić information content (AvgIpc) is 2.88. The van der Waals surface area contributed by atoms with E-state index in [9.17, 15) is 9.90 Å². The molecule has 19 heavy (non-hydrogen) atoms. The maximum absolute atomic E-state index is 11.9. The molecule has 5 nitrogen and oxygen atoms in total.